The molecule has 2 atom stereocenters. The smallest absolute Gasteiger partial charge is 0.144 e. The Morgan fingerprint density at radius 1 is 1.48 bits per heavy atom. The van der Waals surface area contributed by atoms with Crippen LogP contribution in [0.3, 0.4) is 0 Å². The maximum Gasteiger partial charge on any atom is 0.144 e. The van der Waals surface area contributed by atoms with Gasteiger partial charge in [0.05, 0.1) is 10.6 Å². The van der Waals surface area contributed by atoms with Gasteiger partial charge in [-0.15, -0.1) is 0 Å². The van der Waals surface area contributed by atoms with E-state index in [4.69, 9.17) is 16.9 Å². The zero-order valence-electron chi connectivity index (χ0n) is 12.9. The van der Waals surface area contributed by atoms with Crippen molar-refractivity contribution in [3.63, 3.8) is 0 Å². The van der Waals surface area contributed by atoms with Crippen LogP contribution < -0.4 is 5.32 Å². The molecule has 118 valence electrons. The van der Waals surface area contributed by atoms with Crippen LogP contribution in [0.4, 0.5) is 5.82 Å². The standard InChI is InChI=1S/C17H18ClN5/c1-23-6-4-14(16(23)13-3-2-5-20-10-13)11-22-17-15(18)7-12(8-19)9-21-17/h2-3,5,7,9-10,14,16H,4,6,11H2,1H3,(H,21,22)/t14-,16-/m0/s1. The third-order valence-electron chi connectivity index (χ3n) is 4.30. The predicted octanol–water partition coefficient (Wildman–Crippen LogP) is 3.11. The van der Waals surface area contributed by atoms with Crippen molar-refractivity contribution in [2.24, 2.45) is 5.92 Å². The lowest BCUT2D eigenvalue weighted by molar-refractivity contribution is 0.281. The van der Waals surface area contributed by atoms with Gasteiger partial charge in [0.25, 0.3) is 0 Å². The molecule has 1 aliphatic rings. The van der Waals surface area contributed by atoms with Crippen LogP contribution in [0.2, 0.25) is 5.02 Å². The average Bonchev–Trinajstić information content (AvgIpc) is 2.95. The number of hydrogen-bond donors (Lipinski definition) is 1. The first-order chi connectivity index (χ1) is 11.2. The van der Waals surface area contributed by atoms with Gasteiger partial charge in [0.1, 0.15) is 11.9 Å². The number of rotatable bonds is 4. The van der Waals surface area contributed by atoms with Gasteiger partial charge in [0.2, 0.25) is 0 Å². The molecule has 6 heteroatoms. The number of hydrogen-bond acceptors (Lipinski definition) is 5. The summed E-state index contributed by atoms with van der Waals surface area (Å²) >= 11 is 6.18. The van der Waals surface area contributed by atoms with Gasteiger partial charge in [-0.05, 0) is 43.6 Å². The van der Waals surface area contributed by atoms with E-state index in [1.54, 1.807) is 12.3 Å². The number of halogens is 1. The number of aromatic nitrogens is 2. The van der Waals surface area contributed by atoms with Gasteiger partial charge in [-0.3, -0.25) is 9.88 Å². The van der Waals surface area contributed by atoms with E-state index in [-0.39, 0.29) is 0 Å². The Morgan fingerprint density at radius 2 is 2.35 bits per heavy atom. The summed E-state index contributed by atoms with van der Waals surface area (Å²) in [5, 5.41) is 12.7. The summed E-state index contributed by atoms with van der Waals surface area (Å²) in [6.45, 7) is 1.84. The van der Waals surface area contributed by atoms with E-state index in [2.05, 4.69) is 33.3 Å². The molecule has 2 aromatic heterocycles. The Bertz CT molecular complexity index is 713. The van der Waals surface area contributed by atoms with Crippen molar-refractivity contribution in [2.75, 3.05) is 25.5 Å². The summed E-state index contributed by atoms with van der Waals surface area (Å²) in [5.74, 6) is 1.09. The van der Waals surface area contributed by atoms with E-state index >= 15 is 0 Å². The van der Waals surface area contributed by atoms with Crippen LogP contribution in [0.25, 0.3) is 0 Å². The average molecular weight is 328 g/mol. The Hall–Kier alpha value is -2.16. The summed E-state index contributed by atoms with van der Waals surface area (Å²) in [6.07, 6.45) is 6.38. The molecule has 0 aromatic carbocycles. The topological polar surface area (TPSA) is 64.8 Å². The third-order valence-corrected chi connectivity index (χ3v) is 4.59. The van der Waals surface area contributed by atoms with Crippen molar-refractivity contribution in [1.29, 1.82) is 5.26 Å². The van der Waals surface area contributed by atoms with Crippen LogP contribution in [-0.2, 0) is 0 Å². The Morgan fingerprint density at radius 3 is 3.04 bits per heavy atom. The summed E-state index contributed by atoms with van der Waals surface area (Å²) in [6, 6.07) is 8.12. The SMILES string of the molecule is CN1CC[C@@H](CNc2ncc(C#N)cc2Cl)[C@@H]1c1cccnc1. The monoisotopic (exact) mass is 327 g/mol. The van der Waals surface area contributed by atoms with E-state index in [0.29, 0.717) is 28.4 Å². The van der Waals surface area contributed by atoms with E-state index in [1.165, 1.54) is 11.8 Å². The van der Waals surface area contributed by atoms with Crippen molar-refractivity contribution in [3.05, 3.63) is 52.9 Å². The fourth-order valence-electron chi connectivity index (χ4n) is 3.17. The lowest BCUT2D eigenvalue weighted by atomic mass is 9.95. The highest BCUT2D eigenvalue weighted by Gasteiger charge is 2.33. The maximum atomic E-state index is 8.86. The fourth-order valence-corrected chi connectivity index (χ4v) is 3.41. The molecule has 0 radical (unpaired) electrons. The van der Waals surface area contributed by atoms with Crippen LogP contribution in [0.15, 0.2) is 36.8 Å². The number of anilines is 1. The third kappa shape index (κ3) is 3.44. The molecule has 1 N–H and O–H groups in total. The predicted molar refractivity (Wildman–Crippen MR) is 90.2 cm³/mol. The van der Waals surface area contributed by atoms with E-state index in [9.17, 15) is 0 Å². The van der Waals surface area contributed by atoms with Crippen molar-refractivity contribution in [1.82, 2.24) is 14.9 Å². The first-order valence-corrected chi connectivity index (χ1v) is 7.96. The fraction of sp³-hybridized carbons (Fsp3) is 0.353. The van der Waals surface area contributed by atoms with Gasteiger partial charge in [-0.2, -0.15) is 5.26 Å². The van der Waals surface area contributed by atoms with Gasteiger partial charge in [0.15, 0.2) is 0 Å². The van der Waals surface area contributed by atoms with Crippen molar-refractivity contribution in [3.8, 4) is 6.07 Å². The molecule has 0 aliphatic carbocycles. The number of nitriles is 1. The summed E-state index contributed by atoms with van der Waals surface area (Å²) < 4.78 is 0. The molecule has 23 heavy (non-hydrogen) atoms. The van der Waals surface area contributed by atoms with Crippen LogP contribution in [0, 0.1) is 17.2 Å². The van der Waals surface area contributed by atoms with Crippen LogP contribution in [-0.4, -0.2) is 35.0 Å². The van der Waals surface area contributed by atoms with E-state index in [0.717, 1.165) is 19.5 Å². The lowest BCUT2D eigenvalue weighted by Gasteiger charge is -2.25. The summed E-state index contributed by atoms with van der Waals surface area (Å²) in [7, 11) is 2.14. The van der Waals surface area contributed by atoms with Crippen LogP contribution >= 0.6 is 11.6 Å². The van der Waals surface area contributed by atoms with Crippen molar-refractivity contribution in [2.45, 2.75) is 12.5 Å². The second-order valence-corrected chi connectivity index (χ2v) is 6.21. The Labute approximate surface area is 140 Å². The zero-order valence-corrected chi connectivity index (χ0v) is 13.7. The molecular formula is C17H18ClN5. The lowest BCUT2D eigenvalue weighted by Crippen LogP contribution is -2.25. The van der Waals surface area contributed by atoms with Gasteiger partial charge < -0.3 is 5.32 Å². The molecule has 1 saturated heterocycles. The largest absolute Gasteiger partial charge is 0.368 e. The second kappa shape index (κ2) is 6.95. The minimum absolute atomic E-state index is 0.341. The van der Waals surface area contributed by atoms with Gasteiger partial charge in [-0.1, -0.05) is 17.7 Å². The summed E-state index contributed by atoms with van der Waals surface area (Å²) in [4.78, 5) is 10.8. The zero-order chi connectivity index (χ0) is 16.2. The molecule has 3 rings (SSSR count). The highest BCUT2D eigenvalue weighted by Crippen LogP contribution is 2.36. The quantitative estimate of drug-likeness (QED) is 0.934. The van der Waals surface area contributed by atoms with Gasteiger partial charge in [-0.25, -0.2) is 4.98 Å². The van der Waals surface area contributed by atoms with Gasteiger partial charge in [0, 0.05) is 31.2 Å². The number of nitrogens with one attached hydrogen (secondary N) is 1. The molecular weight excluding hydrogens is 310 g/mol. The molecule has 1 aliphatic heterocycles. The Kier molecular flexibility index (Phi) is 4.75. The first-order valence-electron chi connectivity index (χ1n) is 7.58. The molecule has 0 saturated carbocycles. The minimum Gasteiger partial charge on any atom is -0.368 e. The molecule has 0 unspecified atom stereocenters. The van der Waals surface area contributed by atoms with Crippen molar-refractivity contribution >= 4 is 17.4 Å². The van der Waals surface area contributed by atoms with E-state index < -0.39 is 0 Å². The molecule has 0 amide bonds. The molecule has 1 fully saturated rings. The highest BCUT2D eigenvalue weighted by molar-refractivity contribution is 6.33. The van der Waals surface area contributed by atoms with Crippen LogP contribution in [0.1, 0.15) is 23.6 Å². The number of nitrogens with zero attached hydrogens (tertiary/aromatic N) is 4. The molecule has 2 aromatic rings. The molecule has 3 heterocycles. The number of pyridine rings is 2. The minimum atomic E-state index is 0.341. The van der Waals surface area contributed by atoms with Crippen molar-refractivity contribution < 1.29 is 0 Å². The Balaban J connectivity index is 1.71. The normalized spacial score (nSPS) is 21.1. The number of likely N-dealkylation sites (tertiary alicyclic amines) is 1. The molecule has 0 spiro atoms. The van der Waals surface area contributed by atoms with E-state index in [1.807, 2.05) is 18.3 Å². The van der Waals surface area contributed by atoms with Gasteiger partial charge >= 0.3 is 0 Å². The molecule has 5 nitrogen and oxygen atoms in total. The van der Waals surface area contributed by atoms with Crippen LogP contribution in [0.5, 0.6) is 0 Å². The maximum absolute atomic E-state index is 8.86. The molecule has 0 bridgehead atoms. The highest BCUT2D eigenvalue weighted by atomic mass is 35.5. The second-order valence-electron chi connectivity index (χ2n) is 5.81. The first kappa shape index (κ1) is 15.7. The summed E-state index contributed by atoms with van der Waals surface area (Å²) in [5.41, 5.74) is 1.70.